The highest BCUT2D eigenvalue weighted by molar-refractivity contribution is 6.03. The van der Waals surface area contributed by atoms with Crippen molar-refractivity contribution in [3.05, 3.63) is 60.2 Å². The number of fused-ring (bicyclic) bond motifs is 1. The molecule has 3 heterocycles. The first-order valence-corrected chi connectivity index (χ1v) is 10.9. The largest absolute Gasteiger partial charge is 0.467 e. The average Bonchev–Trinajstić information content (AvgIpc) is 3.54. The Kier molecular flexibility index (Phi) is 7.21. The Hall–Kier alpha value is -3.43. The van der Waals surface area contributed by atoms with Crippen LogP contribution in [-0.4, -0.2) is 67.8 Å². The molecule has 2 aromatic heterocycles. The number of nitrogens with zero attached hydrogens (tertiary/aromatic N) is 3. The van der Waals surface area contributed by atoms with Crippen molar-refractivity contribution in [1.29, 1.82) is 0 Å². The molecule has 0 fully saturated rings. The Labute approximate surface area is 192 Å². The molecule has 0 spiro atoms. The van der Waals surface area contributed by atoms with Crippen molar-refractivity contribution in [2.24, 2.45) is 5.10 Å². The van der Waals surface area contributed by atoms with E-state index in [1.807, 2.05) is 36.4 Å². The van der Waals surface area contributed by atoms with Gasteiger partial charge < -0.3 is 18.9 Å². The molecule has 1 aliphatic rings. The molecular weight excluding hydrogens is 424 g/mol. The lowest BCUT2D eigenvalue weighted by atomic mass is 10.1. The number of hydrogen-bond acceptors (Lipinski definition) is 7. The van der Waals surface area contributed by atoms with Crippen LogP contribution >= 0.6 is 0 Å². The summed E-state index contributed by atoms with van der Waals surface area (Å²) in [6.45, 7) is 1.27. The molecule has 1 N–H and O–H groups in total. The number of hydrogen-bond donors (Lipinski definition) is 1. The van der Waals surface area contributed by atoms with Gasteiger partial charge in [0, 0.05) is 32.1 Å². The summed E-state index contributed by atoms with van der Waals surface area (Å²) >= 11 is 0. The van der Waals surface area contributed by atoms with E-state index < -0.39 is 0 Å². The third-order valence-corrected chi connectivity index (χ3v) is 5.41. The number of carbonyl (C=O) groups is 2. The van der Waals surface area contributed by atoms with Crippen LogP contribution in [0.2, 0.25) is 0 Å². The molecular formula is C24H28N4O5. The van der Waals surface area contributed by atoms with Gasteiger partial charge in [-0.2, -0.15) is 5.10 Å². The van der Waals surface area contributed by atoms with Gasteiger partial charge >= 0.3 is 0 Å². The summed E-state index contributed by atoms with van der Waals surface area (Å²) in [5, 5.41) is 9.84. The molecule has 1 aliphatic heterocycles. The summed E-state index contributed by atoms with van der Waals surface area (Å²) < 4.78 is 16.5. The number of amides is 2. The van der Waals surface area contributed by atoms with Crippen LogP contribution < -0.4 is 5.32 Å². The second kappa shape index (κ2) is 10.5. The minimum Gasteiger partial charge on any atom is -0.467 e. The van der Waals surface area contributed by atoms with Crippen molar-refractivity contribution in [1.82, 2.24) is 15.2 Å². The molecule has 0 saturated heterocycles. The van der Waals surface area contributed by atoms with Crippen LogP contribution in [0.3, 0.4) is 0 Å². The maximum Gasteiger partial charge on any atom is 0.257 e. The first-order chi connectivity index (χ1) is 16.0. The number of furan rings is 2. The zero-order chi connectivity index (χ0) is 23.2. The number of hydrazone groups is 1. The van der Waals surface area contributed by atoms with E-state index in [1.165, 1.54) is 5.01 Å². The van der Waals surface area contributed by atoms with Gasteiger partial charge in [-0.15, -0.1) is 0 Å². The van der Waals surface area contributed by atoms with Crippen LogP contribution in [0, 0.1) is 0 Å². The minimum atomic E-state index is -0.369. The Morgan fingerprint density at radius 1 is 1.24 bits per heavy atom. The standard InChI is InChI=1S/C24H28N4O5/c1-27(15-23(29)25-10-6-11-31-2)16-24(30)28-19(21-9-5-12-32-21)14-18(26-28)22-13-17-7-3-4-8-20(17)33-22/h3-5,7-9,12-13,19H,6,10-11,14-16H2,1-2H3,(H,25,29). The van der Waals surface area contributed by atoms with E-state index in [-0.39, 0.29) is 30.9 Å². The summed E-state index contributed by atoms with van der Waals surface area (Å²) in [7, 11) is 3.35. The number of methoxy groups -OCH3 is 1. The zero-order valence-corrected chi connectivity index (χ0v) is 18.8. The van der Waals surface area contributed by atoms with Crippen molar-refractivity contribution < 1.29 is 23.2 Å². The number of rotatable bonds is 10. The number of likely N-dealkylation sites (N-methyl/N-ethyl adjacent to an activating group) is 1. The lowest BCUT2D eigenvalue weighted by Gasteiger charge is -2.23. The smallest absolute Gasteiger partial charge is 0.257 e. The second-order valence-corrected chi connectivity index (χ2v) is 8.04. The van der Waals surface area contributed by atoms with Gasteiger partial charge in [-0.05, 0) is 37.7 Å². The number of nitrogens with one attached hydrogen (secondary N) is 1. The molecule has 1 atom stereocenters. The van der Waals surface area contributed by atoms with E-state index in [4.69, 9.17) is 13.6 Å². The van der Waals surface area contributed by atoms with E-state index in [2.05, 4.69) is 10.4 Å². The topological polar surface area (TPSA) is 101 Å². The molecule has 9 heteroatoms. The monoisotopic (exact) mass is 452 g/mol. The van der Waals surface area contributed by atoms with Gasteiger partial charge in [0.05, 0.1) is 19.4 Å². The van der Waals surface area contributed by atoms with E-state index in [1.54, 1.807) is 31.4 Å². The van der Waals surface area contributed by atoms with Gasteiger partial charge in [-0.25, -0.2) is 5.01 Å². The van der Waals surface area contributed by atoms with E-state index >= 15 is 0 Å². The molecule has 0 saturated carbocycles. The lowest BCUT2D eigenvalue weighted by molar-refractivity contribution is -0.134. The molecule has 0 radical (unpaired) electrons. The van der Waals surface area contributed by atoms with E-state index in [0.717, 1.165) is 17.4 Å². The Balaban J connectivity index is 1.44. The zero-order valence-electron chi connectivity index (χ0n) is 18.8. The maximum atomic E-state index is 13.1. The predicted molar refractivity (Wildman–Crippen MR) is 123 cm³/mol. The molecule has 33 heavy (non-hydrogen) atoms. The molecule has 3 aromatic rings. The van der Waals surface area contributed by atoms with E-state index in [0.29, 0.717) is 36.8 Å². The van der Waals surface area contributed by atoms with Crippen LogP contribution in [0.1, 0.15) is 30.4 Å². The van der Waals surface area contributed by atoms with Crippen molar-refractivity contribution in [2.75, 3.05) is 40.4 Å². The van der Waals surface area contributed by atoms with Crippen molar-refractivity contribution in [3.63, 3.8) is 0 Å². The molecule has 4 rings (SSSR count). The Bertz CT molecular complexity index is 1090. The molecule has 1 aromatic carbocycles. The second-order valence-electron chi connectivity index (χ2n) is 8.04. The van der Waals surface area contributed by atoms with Crippen LogP contribution in [0.4, 0.5) is 0 Å². The highest BCUT2D eigenvalue weighted by atomic mass is 16.5. The van der Waals surface area contributed by atoms with Gasteiger partial charge in [0.15, 0.2) is 5.76 Å². The molecule has 0 bridgehead atoms. The van der Waals surface area contributed by atoms with Gasteiger partial charge in [0.1, 0.15) is 23.1 Å². The number of carbonyl (C=O) groups excluding carboxylic acids is 2. The summed E-state index contributed by atoms with van der Waals surface area (Å²) in [5.74, 6) is 0.915. The number of ether oxygens (including phenoxy) is 1. The lowest BCUT2D eigenvalue weighted by Crippen LogP contribution is -2.41. The molecule has 0 aliphatic carbocycles. The minimum absolute atomic E-state index is 0.0413. The summed E-state index contributed by atoms with van der Waals surface area (Å²) in [6, 6.07) is 12.9. The summed E-state index contributed by atoms with van der Waals surface area (Å²) in [6.07, 6.45) is 2.79. The fourth-order valence-electron chi connectivity index (χ4n) is 3.82. The number of para-hydroxylation sites is 1. The third-order valence-electron chi connectivity index (χ3n) is 5.41. The van der Waals surface area contributed by atoms with Crippen LogP contribution in [0.5, 0.6) is 0 Å². The normalized spacial score (nSPS) is 15.9. The van der Waals surface area contributed by atoms with Crippen molar-refractivity contribution in [2.45, 2.75) is 18.9 Å². The maximum absolute atomic E-state index is 13.1. The van der Waals surface area contributed by atoms with Crippen molar-refractivity contribution in [3.8, 4) is 0 Å². The van der Waals surface area contributed by atoms with Crippen LogP contribution in [-0.2, 0) is 14.3 Å². The third kappa shape index (κ3) is 5.50. The summed E-state index contributed by atoms with van der Waals surface area (Å²) in [4.78, 5) is 26.9. The molecule has 174 valence electrons. The fourth-order valence-corrected chi connectivity index (χ4v) is 3.82. The van der Waals surface area contributed by atoms with Gasteiger partial charge in [0.2, 0.25) is 5.91 Å². The first-order valence-electron chi connectivity index (χ1n) is 10.9. The van der Waals surface area contributed by atoms with Crippen LogP contribution in [0.15, 0.2) is 62.7 Å². The predicted octanol–water partition coefficient (Wildman–Crippen LogP) is 2.79. The van der Waals surface area contributed by atoms with Crippen molar-refractivity contribution >= 4 is 28.5 Å². The number of benzene rings is 1. The Morgan fingerprint density at radius 2 is 2.09 bits per heavy atom. The van der Waals surface area contributed by atoms with Gasteiger partial charge in [-0.3, -0.25) is 14.5 Å². The highest BCUT2D eigenvalue weighted by Gasteiger charge is 2.36. The van der Waals surface area contributed by atoms with Crippen LogP contribution in [0.25, 0.3) is 11.0 Å². The fraction of sp³-hybridized carbons (Fsp3) is 0.375. The summed E-state index contributed by atoms with van der Waals surface area (Å²) in [5.41, 5.74) is 1.45. The molecule has 2 amide bonds. The highest BCUT2D eigenvalue weighted by Crippen LogP contribution is 2.34. The van der Waals surface area contributed by atoms with E-state index in [9.17, 15) is 9.59 Å². The quantitative estimate of drug-likeness (QED) is 0.475. The SMILES string of the molecule is COCCCNC(=O)CN(C)CC(=O)N1N=C(c2cc3ccccc3o2)CC1c1ccco1. The van der Waals surface area contributed by atoms with Gasteiger partial charge in [0.25, 0.3) is 5.91 Å². The Morgan fingerprint density at radius 3 is 2.85 bits per heavy atom. The molecule has 9 nitrogen and oxygen atoms in total. The van der Waals surface area contributed by atoms with Gasteiger partial charge in [-0.1, -0.05) is 18.2 Å². The average molecular weight is 453 g/mol. The first kappa shape index (κ1) is 22.8. The molecule has 1 unspecified atom stereocenters.